The first-order valence-electron chi connectivity index (χ1n) is 4.38. The third-order valence-electron chi connectivity index (χ3n) is 1.74. The summed E-state index contributed by atoms with van der Waals surface area (Å²) in [5.41, 5.74) is 2.04. The second-order valence-electron chi connectivity index (χ2n) is 3.02. The van der Waals surface area contributed by atoms with Crippen molar-refractivity contribution in [3.8, 4) is 0 Å². The van der Waals surface area contributed by atoms with Crippen LogP contribution in [0, 0.1) is 13.8 Å². The number of rotatable bonds is 3. The molecule has 1 radical (unpaired) electrons. The van der Waals surface area contributed by atoms with Crippen LogP contribution in [0.2, 0.25) is 0 Å². The molecule has 1 aromatic rings. The van der Waals surface area contributed by atoms with Crippen molar-refractivity contribution >= 4 is 11.6 Å². The minimum atomic E-state index is 0.0267. The van der Waals surface area contributed by atoms with Gasteiger partial charge < -0.3 is 5.32 Å². The van der Waals surface area contributed by atoms with Gasteiger partial charge in [0.25, 0.3) is 0 Å². The first-order chi connectivity index (χ1) is 6.22. The monoisotopic (exact) mass is 176 g/mol. The normalized spacial score (nSPS) is 9.69. The van der Waals surface area contributed by atoms with E-state index in [1.54, 1.807) is 0 Å². The van der Waals surface area contributed by atoms with Crippen molar-refractivity contribution < 1.29 is 4.79 Å². The summed E-state index contributed by atoms with van der Waals surface area (Å²) in [7, 11) is 0. The molecule has 2 nitrogen and oxygen atoms in total. The van der Waals surface area contributed by atoms with Gasteiger partial charge in [-0.2, -0.15) is 0 Å². The fourth-order valence-electron chi connectivity index (χ4n) is 1.02. The van der Waals surface area contributed by atoms with Gasteiger partial charge in [-0.25, -0.2) is 0 Å². The number of hydrogen-bond donors (Lipinski definition) is 1. The molecule has 0 aromatic heterocycles. The van der Waals surface area contributed by atoms with Crippen molar-refractivity contribution in [2.45, 2.75) is 19.8 Å². The topological polar surface area (TPSA) is 29.1 Å². The highest BCUT2D eigenvalue weighted by molar-refractivity contribution is 5.90. The van der Waals surface area contributed by atoms with Crippen molar-refractivity contribution in [1.82, 2.24) is 0 Å². The minimum Gasteiger partial charge on any atom is -0.326 e. The van der Waals surface area contributed by atoms with Crippen molar-refractivity contribution in [2.24, 2.45) is 0 Å². The Labute approximate surface area is 79.0 Å². The number of benzene rings is 1. The van der Waals surface area contributed by atoms with Gasteiger partial charge in [0.15, 0.2) is 0 Å². The summed E-state index contributed by atoms with van der Waals surface area (Å²) in [6.07, 6.45) is 1.12. The average Bonchev–Trinajstić information content (AvgIpc) is 2.09. The zero-order valence-electron chi connectivity index (χ0n) is 7.84. The molecule has 69 valence electrons. The SMILES string of the molecule is [CH2]CCC(=O)Nc1ccc(C)cc1. The second-order valence-corrected chi connectivity index (χ2v) is 3.02. The van der Waals surface area contributed by atoms with E-state index in [9.17, 15) is 4.79 Å². The number of amides is 1. The first-order valence-corrected chi connectivity index (χ1v) is 4.38. The Morgan fingerprint density at radius 3 is 2.54 bits per heavy atom. The van der Waals surface area contributed by atoms with Crippen molar-refractivity contribution in [1.29, 1.82) is 0 Å². The highest BCUT2D eigenvalue weighted by atomic mass is 16.1. The molecule has 0 fully saturated rings. The smallest absolute Gasteiger partial charge is 0.224 e. The summed E-state index contributed by atoms with van der Waals surface area (Å²) in [5, 5.41) is 2.79. The van der Waals surface area contributed by atoms with Crippen molar-refractivity contribution in [3.05, 3.63) is 36.8 Å². The number of anilines is 1. The van der Waals surface area contributed by atoms with Crippen LogP contribution in [-0.2, 0) is 4.79 Å². The lowest BCUT2D eigenvalue weighted by Gasteiger charge is -2.03. The molecule has 0 atom stereocenters. The van der Waals surface area contributed by atoms with Crippen LogP contribution in [-0.4, -0.2) is 5.91 Å². The molecule has 0 aliphatic heterocycles. The molecule has 1 amide bonds. The number of carbonyl (C=O) groups is 1. The molecular weight excluding hydrogens is 162 g/mol. The van der Waals surface area contributed by atoms with Gasteiger partial charge in [-0.3, -0.25) is 4.79 Å². The van der Waals surface area contributed by atoms with Gasteiger partial charge in [-0.15, -0.1) is 0 Å². The number of hydrogen-bond acceptors (Lipinski definition) is 1. The van der Waals surface area contributed by atoms with Gasteiger partial charge in [0.1, 0.15) is 0 Å². The van der Waals surface area contributed by atoms with E-state index in [2.05, 4.69) is 12.2 Å². The van der Waals surface area contributed by atoms with Gasteiger partial charge in [-0.05, 0) is 25.5 Å². The molecule has 0 unspecified atom stereocenters. The van der Waals surface area contributed by atoms with Gasteiger partial charge in [0, 0.05) is 12.1 Å². The van der Waals surface area contributed by atoms with Crippen LogP contribution in [0.25, 0.3) is 0 Å². The van der Waals surface area contributed by atoms with Crippen molar-refractivity contribution in [3.63, 3.8) is 0 Å². The third kappa shape index (κ3) is 3.28. The highest BCUT2D eigenvalue weighted by Crippen LogP contribution is 2.08. The third-order valence-corrected chi connectivity index (χ3v) is 1.74. The Balaban J connectivity index is 2.54. The summed E-state index contributed by atoms with van der Waals surface area (Å²) in [5.74, 6) is 0.0267. The molecule has 0 saturated carbocycles. The fraction of sp³-hybridized carbons (Fsp3) is 0.273. The lowest BCUT2D eigenvalue weighted by Crippen LogP contribution is -2.10. The van der Waals surface area contributed by atoms with Crippen LogP contribution >= 0.6 is 0 Å². The Kier molecular flexibility index (Phi) is 3.50. The van der Waals surface area contributed by atoms with E-state index in [1.165, 1.54) is 5.56 Å². The minimum absolute atomic E-state index is 0.0267. The molecule has 0 saturated heterocycles. The summed E-state index contributed by atoms with van der Waals surface area (Å²) < 4.78 is 0. The quantitative estimate of drug-likeness (QED) is 0.753. The number of carbonyl (C=O) groups excluding carboxylic acids is 1. The van der Waals surface area contributed by atoms with E-state index in [4.69, 9.17) is 0 Å². The van der Waals surface area contributed by atoms with Crippen LogP contribution in [0.5, 0.6) is 0 Å². The maximum absolute atomic E-state index is 11.1. The molecule has 0 aliphatic carbocycles. The summed E-state index contributed by atoms with van der Waals surface area (Å²) >= 11 is 0. The van der Waals surface area contributed by atoms with Crippen LogP contribution < -0.4 is 5.32 Å². The lowest BCUT2D eigenvalue weighted by atomic mass is 10.2. The zero-order chi connectivity index (χ0) is 9.68. The average molecular weight is 176 g/mol. The van der Waals surface area contributed by atoms with E-state index >= 15 is 0 Å². The lowest BCUT2D eigenvalue weighted by molar-refractivity contribution is -0.116. The van der Waals surface area contributed by atoms with Gasteiger partial charge in [0.2, 0.25) is 5.91 Å². The Morgan fingerprint density at radius 1 is 1.38 bits per heavy atom. The Morgan fingerprint density at radius 2 is 2.00 bits per heavy atom. The molecule has 0 aliphatic rings. The predicted molar refractivity (Wildman–Crippen MR) is 54.4 cm³/mol. The first kappa shape index (κ1) is 9.78. The van der Waals surface area contributed by atoms with Crippen LogP contribution in [0.15, 0.2) is 24.3 Å². The van der Waals surface area contributed by atoms with E-state index in [0.29, 0.717) is 12.8 Å². The second kappa shape index (κ2) is 4.65. The van der Waals surface area contributed by atoms with E-state index in [-0.39, 0.29) is 5.91 Å². The van der Waals surface area contributed by atoms with E-state index < -0.39 is 0 Å². The highest BCUT2D eigenvalue weighted by Gasteiger charge is 1.98. The van der Waals surface area contributed by atoms with Crippen LogP contribution in [0.1, 0.15) is 18.4 Å². The molecular formula is C11H14NO. The summed E-state index contributed by atoms with van der Waals surface area (Å²) in [6, 6.07) is 7.74. The van der Waals surface area contributed by atoms with Gasteiger partial charge >= 0.3 is 0 Å². The van der Waals surface area contributed by atoms with E-state index in [1.807, 2.05) is 31.2 Å². The molecule has 1 N–H and O–H groups in total. The van der Waals surface area contributed by atoms with Gasteiger partial charge in [0.05, 0.1) is 0 Å². The summed E-state index contributed by atoms with van der Waals surface area (Å²) in [4.78, 5) is 11.1. The predicted octanol–water partition coefficient (Wildman–Crippen LogP) is 2.55. The van der Waals surface area contributed by atoms with Crippen molar-refractivity contribution in [2.75, 3.05) is 5.32 Å². The fourth-order valence-corrected chi connectivity index (χ4v) is 1.02. The van der Waals surface area contributed by atoms with Crippen LogP contribution in [0.4, 0.5) is 5.69 Å². The van der Waals surface area contributed by atoms with Gasteiger partial charge in [-0.1, -0.05) is 24.6 Å². The standard InChI is InChI=1S/C11H14NO/c1-3-4-11(13)12-10-7-5-9(2)6-8-10/h5-8H,1,3-4H2,2H3,(H,12,13). The molecule has 1 aromatic carbocycles. The largest absolute Gasteiger partial charge is 0.326 e. The molecule has 1 rings (SSSR count). The van der Waals surface area contributed by atoms with E-state index in [0.717, 1.165) is 5.69 Å². The number of aryl methyl sites for hydroxylation is 1. The zero-order valence-corrected chi connectivity index (χ0v) is 7.84. The molecule has 0 bridgehead atoms. The Bertz CT molecular complexity index is 277. The maximum Gasteiger partial charge on any atom is 0.224 e. The molecule has 0 heterocycles. The van der Waals surface area contributed by atoms with Crippen LogP contribution in [0.3, 0.4) is 0 Å². The number of nitrogens with one attached hydrogen (secondary N) is 1. The summed E-state index contributed by atoms with van der Waals surface area (Å²) in [6.45, 7) is 5.64. The molecule has 13 heavy (non-hydrogen) atoms. The molecule has 0 spiro atoms. The maximum atomic E-state index is 11.1. The Hall–Kier alpha value is -1.31. The molecule has 2 heteroatoms.